The van der Waals surface area contributed by atoms with Crippen LogP contribution in [0.4, 0.5) is 11.4 Å². The van der Waals surface area contributed by atoms with Gasteiger partial charge in [-0.3, -0.25) is 9.52 Å². The molecule has 0 aliphatic heterocycles. The quantitative estimate of drug-likeness (QED) is 0.829. The molecule has 0 aliphatic rings. The summed E-state index contributed by atoms with van der Waals surface area (Å²) < 4.78 is 27.3. The number of hydrogen-bond acceptors (Lipinski definition) is 4. The summed E-state index contributed by atoms with van der Waals surface area (Å²) >= 11 is 1.22. The summed E-state index contributed by atoms with van der Waals surface area (Å²) in [4.78, 5) is 12.6. The molecule has 0 fully saturated rings. The summed E-state index contributed by atoms with van der Waals surface area (Å²) in [6.07, 6.45) is 0.451. The Hall–Kier alpha value is -1.86. The maximum Gasteiger partial charge on any atom is 0.271 e. The Bertz CT molecular complexity index is 778. The zero-order valence-corrected chi connectivity index (χ0v) is 14.9. The highest BCUT2D eigenvalue weighted by Crippen LogP contribution is 2.24. The molecule has 0 saturated heterocycles. The monoisotopic (exact) mass is 352 g/mol. The van der Waals surface area contributed by atoms with E-state index < -0.39 is 10.0 Å². The Morgan fingerprint density at radius 1 is 1.09 bits per heavy atom. The normalized spacial score (nSPS) is 11.5. The third-order valence-corrected chi connectivity index (χ3v) is 5.87. The summed E-state index contributed by atoms with van der Waals surface area (Å²) in [6.45, 7) is 5.81. The highest BCUT2D eigenvalue weighted by atomic mass is 32.2. The van der Waals surface area contributed by atoms with Crippen molar-refractivity contribution in [1.29, 1.82) is 0 Å². The lowest BCUT2D eigenvalue weighted by atomic mass is 10.1. The molecule has 1 aromatic carbocycles. The fourth-order valence-corrected chi connectivity index (χ4v) is 4.31. The van der Waals surface area contributed by atoms with Crippen LogP contribution in [0.1, 0.15) is 25.1 Å². The zero-order valence-electron chi connectivity index (χ0n) is 13.3. The number of nitrogens with one attached hydrogen (secondary N) is 2. The van der Waals surface area contributed by atoms with Gasteiger partial charge in [-0.25, -0.2) is 8.42 Å². The van der Waals surface area contributed by atoms with E-state index in [-0.39, 0.29) is 16.0 Å². The third-order valence-electron chi connectivity index (χ3n) is 3.00. The average molecular weight is 352 g/mol. The number of carbonyl (C=O) groups is 1. The summed E-state index contributed by atoms with van der Waals surface area (Å²) in [5.74, 6) is 0.234. The Morgan fingerprint density at radius 2 is 1.70 bits per heavy atom. The first kappa shape index (κ1) is 17.5. The number of hydrogen-bond donors (Lipinski definition) is 2. The molecule has 0 bridgehead atoms. The van der Waals surface area contributed by atoms with Gasteiger partial charge < -0.3 is 5.32 Å². The number of aryl methyl sites for hydroxylation is 1. The Labute approximate surface area is 140 Å². The van der Waals surface area contributed by atoms with Crippen LogP contribution in [0, 0.1) is 12.8 Å². The second kappa shape index (κ2) is 7.14. The highest BCUT2D eigenvalue weighted by Gasteiger charge is 2.16. The van der Waals surface area contributed by atoms with Crippen LogP contribution >= 0.6 is 11.3 Å². The smallest absolute Gasteiger partial charge is 0.271 e. The van der Waals surface area contributed by atoms with Crippen molar-refractivity contribution in [3.63, 3.8) is 0 Å². The topological polar surface area (TPSA) is 75.3 Å². The molecule has 2 aromatic rings. The predicted octanol–water partition coefficient (Wildman–Crippen LogP) is 3.84. The zero-order chi connectivity index (χ0) is 17.0. The number of benzene rings is 1. The summed E-state index contributed by atoms with van der Waals surface area (Å²) in [7, 11) is -3.56. The van der Waals surface area contributed by atoms with Crippen LogP contribution in [0.25, 0.3) is 0 Å². The highest BCUT2D eigenvalue weighted by molar-refractivity contribution is 7.94. The molecule has 5 nitrogen and oxygen atoms in total. The van der Waals surface area contributed by atoms with Crippen LogP contribution in [0.5, 0.6) is 0 Å². The predicted molar refractivity (Wildman–Crippen MR) is 94.4 cm³/mol. The summed E-state index contributed by atoms with van der Waals surface area (Å²) in [6, 6.07) is 9.97. The maximum atomic E-state index is 12.2. The van der Waals surface area contributed by atoms with Crippen molar-refractivity contribution < 1.29 is 13.2 Å². The molecule has 1 heterocycles. The molecule has 0 radical (unpaired) electrons. The first-order valence-electron chi connectivity index (χ1n) is 7.25. The van der Waals surface area contributed by atoms with E-state index in [4.69, 9.17) is 0 Å². The molecular weight excluding hydrogens is 332 g/mol. The van der Waals surface area contributed by atoms with E-state index in [2.05, 4.69) is 10.0 Å². The van der Waals surface area contributed by atoms with E-state index >= 15 is 0 Å². The van der Waals surface area contributed by atoms with Gasteiger partial charge in [-0.2, -0.15) is 0 Å². The molecule has 0 aliphatic carbocycles. The van der Waals surface area contributed by atoms with Crippen molar-refractivity contribution in [2.45, 2.75) is 31.4 Å². The van der Waals surface area contributed by atoms with Gasteiger partial charge in [0.1, 0.15) is 4.21 Å². The van der Waals surface area contributed by atoms with E-state index in [1.807, 2.05) is 20.8 Å². The van der Waals surface area contributed by atoms with Crippen molar-refractivity contribution in [3.8, 4) is 0 Å². The standard InChI is InChI=1S/C16H20N2O3S2/c1-11(2)10-15(19)17-13-5-7-14(8-6-13)18-23(20,21)16-9-4-12(3)22-16/h4-9,11,18H,10H2,1-3H3,(H,17,19). The fraction of sp³-hybridized carbons (Fsp3) is 0.312. The molecule has 1 amide bonds. The number of amides is 1. The van der Waals surface area contributed by atoms with E-state index in [1.54, 1.807) is 36.4 Å². The largest absolute Gasteiger partial charge is 0.326 e. The number of carbonyl (C=O) groups excluding carboxylic acids is 1. The molecule has 2 N–H and O–H groups in total. The van der Waals surface area contributed by atoms with Crippen LogP contribution in [-0.2, 0) is 14.8 Å². The van der Waals surface area contributed by atoms with E-state index in [0.29, 0.717) is 17.8 Å². The lowest BCUT2D eigenvalue weighted by molar-refractivity contribution is -0.116. The van der Waals surface area contributed by atoms with Gasteiger partial charge in [0.15, 0.2) is 0 Å². The van der Waals surface area contributed by atoms with Crippen LogP contribution in [0.15, 0.2) is 40.6 Å². The van der Waals surface area contributed by atoms with Crippen molar-refractivity contribution in [1.82, 2.24) is 0 Å². The first-order valence-corrected chi connectivity index (χ1v) is 9.55. The third kappa shape index (κ3) is 5.07. The van der Waals surface area contributed by atoms with Gasteiger partial charge in [-0.15, -0.1) is 11.3 Å². The van der Waals surface area contributed by atoms with Crippen molar-refractivity contribution in [3.05, 3.63) is 41.3 Å². The first-order chi connectivity index (χ1) is 10.8. The minimum atomic E-state index is -3.56. The van der Waals surface area contributed by atoms with Crippen LogP contribution in [0.2, 0.25) is 0 Å². The lowest BCUT2D eigenvalue weighted by Crippen LogP contribution is -2.14. The van der Waals surface area contributed by atoms with E-state index in [9.17, 15) is 13.2 Å². The van der Waals surface area contributed by atoms with Crippen LogP contribution in [-0.4, -0.2) is 14.3 Å². The van der Waals surface area contributed by atoms with Gasteiger partial charge in [0.25, 0.3) is 10.0 Å². The molecular formula is C16H20N2O3S2. The molecule has 0 unspecified atom stereocenters. The van der Waals surface area contributed by atoms with E-state index in [1.165, 1.54) is 11.3 Å². The van der Waals surface area contributed by atoms with Crippen LogP contribution in [0.3, 0.4) is 0 Å². The molecule has 7 heteroatoms. The number of anilines is 2. The molecule has 1 aromatic heterocycles. The molecule has 0 saturated carbocycles. The van der Waals surface area contributed by atoms with Gasteiger partial charge in [0.05, 0.1) is 0 Å². The Balaban J connectivity index is 2.04. The SMILES string of the molecule is Cc1ccc(S(=O)(=O)Nc2ccc(NC(=O)CC(C)C)cc2)s1. The average Bonchev–Trinajstić information content (AvgIpc) is 2.87. The van der Waals surface area contributed by atoms with Gasteiger partial charge in [0.2, 0.25) is 5.91 Å². The second-order valence-electron chi connectivity index (χ2n) is 5.69. The minimum Gasteiger partial charge on any atom is -0.326 e. The van der Waals surface area contributed by atoms with Gasteiger partial charge in [-0.05, 0) is 49.2 Å². The molecule has 2 rings (SSSR count). The molecule has 23 heavy (non-hydrogen) atoms. The second-order valence-corrected chi connectivity index (χ2v) is 8.89. The summed E-state index contributed by atoms with van der Waals surface area (Å²) in [5, 5.41) is 2.78. The fourth-order valence-electron chi connectivity index (χ4n) is 1.97. The van der Waals surface area contributed by atoms with Crippen molar-refractivity contribution in [2.75, 3.05) is 10.0 Å². The van der Waals surface area contributed by atoms with Crippen LogP contribution < -0.4 is 10.0 Å². The number of thiophene rings is 1. The minimum absolute atomic E-state index is 0.0533. The molecule has 0 atom stereocenters. The van der Waals surface area contributed by atoms with Gasteiger partial charge in [-0.1, -0.05) is 13.8 Å². The van der Waals surface area contributed by atoms with E-state index in [0.717, 1.165) is 4.88 Å². The number of rotatable bonds is 6. The Morgan fingerprint density at radius 3 is 2.22 bits per heavy atom. The Kier molecular flexibility index (Phi) is 5.43. The number of sulfonamides is 1. The maximum absolute atomic E-state index is 12.2. The van der Waals surface area contributed by atoms with Gasteiger partial charge in [0, 0.05) is 22.7 Å². The molecule has 124 valence electrons. The summed E-state index contributed by atoms with van der Waals surface area (Å²) in [5.41, 5.74) is 1.10. The van der Waals surface area contributed by atoms with Crippen molar-refractivity contribution >= 4 is 38.6 Å². The lowest BCUT2D eigenvalue weighted by Gasteiger charge is -2.09. The van der Waals surface area contributed by atoms with Gasteiger partial charge >= 0.3 is 0 Å². The van der Waals surface area contributed by atoms with Crippen molar-refractivity contribution in [2.24, 2.45) is 5.92 Å². The molecule has 0 spiro atoms.